The number of carboxylic acids is 1. The van der Waals surface area contributed by atoms with Gasteiger partial charge in [-0.05, 0) is 22.7 Å². The topological polar surface area (TPSA) is 80.9 Å². The van der Waals surface area contributed by atoms with E-state index in [2.05, 4.69) is 15.4 Å². The Morgan fingerprint density at radius 3 is 3.13 bits per heavy atom. The van der Waals surface area contributed by atoms with E-state index >= 15 is 0 Å². The molecule has 7 heteroatoms. The third-order valence-corrected chi connectivity index (χ3v) is 2.55. The minimum Gasteiger partial charge on any atom is -0.481 e. The maximum atomic E-state index is 10.3. The van der Waals surface area contributed by atoms with E-state index in [4.69, 9.17) is 5.11 Å². The Bertz CT molecular complexity index is 451. The van der Waals surface area contributed by atoms with Gasteiger partial charge in [0.25, 0.3) is 0 Å². The third kappa shape index (κ3) is 2.38. The standard InChI is InChI=1S/C8H8N4O2S/c13-8(14)4-3-6-9-11-12(10-6)7-2-1-5-15-7/h1-2,5H,3-4H2,(H,13,14). The van der Waals surface area contributed by atoms with Crippen LogP contribution in [0.2, 0.25) is 0 Å². The molecule has 2 heterocycles. The zero-order valence-corrected chi connectivity index (χ0v) is 8.52. The van der Waals surface area contributed by atoms with Crippen molar-refractivity contribution in [2.45, 2.75) is 12.8 Å². The number of aryl methyl sites for hydroxylation is 1. The molecule has 0 saturated carbocycles. The summed E-state index contributed by atoms with van der Waals surface area (Å²) in [6.45, 7) is 0. The van der Waals surface area contributed by atoms with Gasteiger partial charge in [-0.15, -0.1) is 26.3 Å². The predicted molar refractivity (Wildman–Crippen MR) is 53.0 cm³/mol. The molecule has 1 N–H and O–H groups in total. The number of aromatic nitrogens is 4. The number of rotatable bonds is 4. The summed E-state index contributed by atoms with van der Waals surface area (Å²) in [5.74, 6) is -0.409. The van der Waals surface area contributed by atoms with Gasteiger partial charge >= 0.3 is 5.97 Å². The van der Waals surface area contributed by atoms with Crippen molar-refractivity contribution in [2.75, 3.05) is 0 Å². The van der Waals surface area contributed by atoms with E-state index in [9.17, 15) is 4.79 Å². The second kappa shape index (κ2) is 4.18. The van der Waals surface area contributed by atoms with Crippen LogP contribution >= 0.6 is 11.3 Å². The second-order valence-electron chi connectivity index (χ2n) is 2.84. The maximum Gasteiger partial charge on any atom is 0.303 e. The molecule has 2 aromatic heterocycles. The van der Waals surface area contributed by atoms with Crippen LogP contribution in [0.25, 0.3) is 5.00 Å². The lowest BCUT2D eigenvalue weighted by Gasteiger charge is -1.90. The first-order valence-corrected chi connectivity index (χ1v) is 5.18. The van der Waals surface area contributed by atoms with Crippen molar-refractivity contribution < 1.29 is 9.90 Å². The highest BCUT2D eigenvalue weighted by molar-refractivity contribution is 7.12. The van der Waals surface area contributed by atoms with Crippen molar-refractivity contribution >= 4 is 17.3 Å². The molecule has 78 valence electrons. The molecule has 0 amide bonds. The SMILES string of the molecule is O=C(O)CCc1nnn(-c2cccs2)n1. The number of carboxylic acid groups (broad SMARTS) is 1. The van der Waals surface area contributed by atoms with E-state index in [0.29, 0.717) is 12.2 Å². The summed E-state index contributed by atoms with van der Waals surface area (Å²) < 4.78 is 0. The lowest BCUT2D eigenvalue weighted by molar-refractivity contribution is -0.137. The summed E-state index contributed by atoms with van der Waals surface area (Å²) in [5.41, 5.74) is 0. The van der Waals surface area contributed by atoms with Crippen LogP contribution in [0.15, 0.2) is 17.5 Å². The average molecular weight is 224 g/mol. The average Bonchev–Trinajstić information content (AvgIpc) is 2.85. The minimum absolute atomic E-state index is 0.0239. The summed E-state index contributed by atoms with van der Waals surface area (Å²) in [7, 11) is 0. The van der Waals surface area contributed by atoms with Crippen molar-refractivity contribution in [3.63, 3.8) is 0 Å². The zero-order chi connectivity index (χ0) is 10.7. The Kier molecular flexibility index (Phi) is 2.72. The largest absolute Gasteiger partial charge is 0.481 e. The second-order valence-corrected chi connectivity index (χ2v) is 3.77. The molecule has 0 bridgehead atoms. The number of nitrogens with zero attached hydrogens (tertiary/aromatic N) is 4. The van der Waals surface area contributed by atoms with Crippen LogP contribution in [0.3, 0.4) is 0 Å². The van der Waals surface area contributed by atoms with Gasteiger partial charge in [0.2, 0.25) is 0 Å². The fourth-order valence-corrected chi connectivity index (χ4v) is 1.66. The van der Waals surface area contributed by atoms with Crippen molar-refractivity contribution in [1.29, 1.82) is 0 Å². The Balaban J connectivity index is 2.08. The normalized spacial score (nSPS) is 10.4. The highest BCUT2D eigenvalue weighted by Gasteiger charge is 2.07. The molecular weight excluding hydrogens is 216 g/mol. The molecule has 6 nitrogen and oxygen atoms in total. The monoisotopic (exact) mass is 224 g/mol. The fourth-order valence-electron chi connectivity index (χ4n) is 1.04. The molecule has 0 radical (unpaired) electrons. The Hall–Kier alpha value is -1.76. The van der Waals surface area contributed by atoms with E-state index in [-0.39, 0.29) is 6.42 Å². The van der Waals surface area contributed by atoms with Crippen LogP contribution in [-0.2, 0) is 11.2 Å². The molecule has 15 heavy (non-hydrogen) atoms. The van der Waals surface area contributed by atoms with Gasteiger partial charge in [-0.25, -0.2) is 0 Å². The van der Waals surface area contributed by atoms with Gasteiger partial charge in [-0.2, -0.15) is 0 Å². The van der Waals surface area contributed by atoms with Gasteiger partial charge in [0, 0.05) is 6.42 Å². The Morgan fingerprint density at radius 1 is 1.60 bits per heavy atom. The molecule has 0 fully saturated rings. The number of hydrogen-bond donors (Lipinski definition) is 1. The van der Waals surface area contributed by atoms with Crippen LogP contribution in [0, 0.1) is 0 Å². The van der Waals surface area contributed by atoms with E-state index in [1.54, 1.807) is 0 Å². The van der Waals surface area contributed by atoms with E-state index in [0.717, 1.165) is 5.00 Å². The summed E-state index contributed by atoms with van der Waals surface area (Å²) in [4.78, 5) is 11.7. The zero-order valence-electron chi connectivity index (χ0n) is 7.70. The third-order valence-electron chi connectivity index (χ3n) is 1.72. The van der Waals surface area contributed by atoms with E-state index < -0.39 is 5.97 Å². The van der Waals surface area contributed by atoms with Crippen LogP contribution in [0.1, 0.15) is 12.2 Å². The van der Waals surface area contributed by atoms with Crippen LogP contribution in [0.4, 0.5) is 0 Å². The van der Waals surface area contributed by atoms with Crippen LogP contribution in [-0.4, -0.2) is 31.3 Å². The smallest absolute Gasteiger partial charge is 0.303 e. The molecule has 2 aromatic rings. The van der Waals surface area contributed by atoms with Gasteiger partial charge in [0.15, 0.2) is 5.82 Å². The number of carbonyl (C=O) groups is 1. The van der Waals surface area contributed by atoms with Gasteiger partial charge in [0.1, 0.15) is 5.00 Å². The Labute approximate surface area is 89.2 Å². The summed E-state index contributed by atoms with van der Waals surface area (Å²) in [6.07, 6.45) is 0.330. The van der Waals surface area contributed by atoms with Crippen molar-refractivity contribution in [1.82, 2.24) is 20.2 Å². The summed E-state index contributed by atoms with van der Waals surface area (Å²) >= 11 is 1.50. The molecule has 0 aliphatic heterocycles. The minimum atomic E-state index is -0.859. The van der Waals surface area contributed by atoms with Gasteiger partial charge in [-0.3, -0.25) is 4.79 Å². The van der Waals surface area contributed by atoms with E-state index in [1.807, 2.05) is 17.5 Å². The number of aliphatic carboxylic acids is 1. The highest BCUT2D eigenvalue weighted by Crippen LogP contribution is 2.11. The molecule has 0 unspecified atom stereocenters. The summed E-state index contributed by atoms with van der Waals surface area (Å²) in [5, 5.41) is 22.9. The van der Waals surface area contributed by atoms with E-state index in [1.165, 1.54) is 16.1 Å². The fraction of sp³-hybridized carbons (Fsp3) is 0.250. The van der Waals surface area contributed by atoms with Crippen molar-refractivity contribution in [2.24, 2.45) is 0 Å². The first-order chi connectivity index (χ1) is 7.25. The predicted octanol–water partition coefficient (Wildman–Crippen LogP) is 0.741. The van der Waals surface area contributed by atoms with Crippen LogP contribution < -0.4 is 0 Å². The Morgan fingerprint density at radius 2 is 2.47 bits per heavy atom. The van der Waals surface area contributed by atoms with Gasteiger partial charge in [0.05, 0.1) is 6.42 Å². The van der Waals surface area contributed by atoms with Crippen molar-refractivity contribution in [3.8, 4) is 5.00 Å². The molecular formula is C8H8N4O2S. The molecule has 0 aliphatic carbocycles. The lowest BCUT2D eigenvalue weighted by atomic mass is 10.3. The number of thiophene rings is 1. The molecule has 2 rings (SSSR count). The van der Waals surface area contributed by atoms with Crippen LogP contribution in [0.5, 0.6) is 0 Å². The van der Waals surface area contributed by atoms with Gasteiger partial charge < -0.3 is 5.11 Å². The maximum absolute atomic E-state index is 10.3. The molecule has 0 spiro atoms. The summed E-state index contributed by atoms with van der Waals surface area (Å²) in [6, 6.07) is 3.76. The molecule has 0 aromatic carbocycles. The lowest BCUT2D eigenvalue weighted by Crippen LogP contribution is -2.00. The quantitative estimate of drug-likeness (QED) is 0.828. The number of tetrazole rings is 1. The molecule has 0 saturated heterocycles. The van der Waals surface area contributed by atoms with Crippen molar-refractivity contribution in [3.05, 3.63) is 23.3 Å². The number of hydrogen-bond acceptors (Lipinski definition) is 5. The van der Waals surface area contributed by atoms with Gasteiger partial charge in [-0.1, -0.05) is 0 Å². The highest BCUT2D eigenvalue weighted by atomic mass is 32.1. The molecule has 0 aliphatic rings. The first-order valence-electron chi connectivity index (χ1n) is 4.30. The molecule has 0 atom stereocenters. The first kappa shape index (κ1) is 9.78.